The highest BCUT2D eigenvalue weighted by Crippen LogP contribution is 2.25. The number of amides is 1. The molecular formula is C23H25N3O3S. The molecule has 4 rings (SSSR count). The first-order valence-electron chi connectivity index (χ1n) is 10.2. The lowest BCUT2D eigenvalue weighted by molar-refractivity contribution is -0.122. The second kappa shape index (κ2) is 9.26. The summed E-state index contributed by atoms with van der Waals surface area (Å²) in [5.41, 5.74) is 3.80. The van der Waals surface area contributed by atoms with Crippen LogP contribution in [0.5, 0.6) is 5.75 Å². The van der Waals surface area contributed by atoms with Crippen LogP contribution in [0.2, 0.25) is 0 Å². The maximum atomic E-state index is 12.4. The zero-order chi connectivity index (χ0) is 20.9. The predicted molar refractivity (Wildman–Crippen MR) is 116 cm³/mol. The molecule has 156 valence electrons. The van der Waals surface area contributed by atoms with Gasteiger partial charge in [-0.2, -0.15) is 0 Å². The lowest BCUT2D eigenvalue weighted by atomic mass is 9.92. The van der Waals surface area contributed by atoms with Crippen molar-refractivity contribution in [1.82, 2.24) is 15.1 Å². The zero-order valence-corrected chi connectivity index (χ0v) is 17.8. The van der Waals surface area contributed by atoms with E-state index in [2.05, 4.69) is 22.5 Å². The molecule has 1 amide bonds. The average Bonchev–Trinajstić information content (AvgIpc) is 3.11. The first-order chi connectivity index (χ1) is 14.6. The van der Waals surface area contributed by atoms with Gasteiger partial charge in [0.2, 0.25) is 5.91 Å². The van der Waals surface area contributed by atoms with E-state index in [-0.39, 0.29) is 29.9 Å². The summed E-state index contributed by atoms with van der Waals surface area (Å²) in [5.74, 6) is 0.959. The van der Waals surface area contributed by atoms with Crippen LogP contribution in [0.15, 0.2) is 52.9 Å². The van der Waals surface area contributed by atoms with Gasteiger partial charge in [-0.15, -0.1) is 5.10 Å². The van der Waals surface area contributed by atoms with E-state index < -0.39 is 0 Å². The van der Waals surface area contributed by atoms with Crippen molar-refractivity contribution in [2.75, 3.05) is 0 Å². The van der Waals surface area contributed by atoms with E-state index in [0.29, 0.717) is 5.89 Å². The molecule has 0 fully saturated rings. The molecule has 1 atom stereocenters. The molecule has 0 saturated heterocycles. The van der Waals surface area contributed by atoms with E-state index in [9.17, 15) is 4.79 Å². The molecule has 3 aromatic rings. The Kier molecular flexibility index (Phi) is 6.28. The fourth-order valence-corrected chi connectivity index (χ4v) is 3.90. The summed E-state index contributed by atoms with van der Waals surface area (Å²) < 4.78 is 12.7. The van der Waals surface area contributed by atoms with Gasteiger partial charge in [0, 0.05) is 0 Å². The minimum Gasteiger partial charge on any atom is -0.484 e. The van der Waals surface area contributed by atoms with Gasteiger partial charge in [0.15, 0.2) is 6.61 Å². The number of rotatable bonds is 7. The van der Waals surface area contributed by atoms with Crippen LogP contribution in [0.1, 0.15) is 48.4 Å². The van der Waals surface area contributed by atoms with Crippen LogP contribution in [0.3, 0.4) is 0 Å². The molecule has 0 bridgehead atoms. The summed E-state index contributed by atoms with van der Waals surface area (Å²) in [6.07, 6.45) is 4.71. The Morgan fingerprint density at radius 2 is 1.97 bits per heavy atom. The summed E-state index contributed by atoms with van der Waals surface area (Å²) >= 11 is 5.21. The Balaban J connectivity index is 1.34. The number of aromatic nitrogens is 2. The molecule has 6 nitrogen and oxygen atoms in total. The molecule has 2 aromatic carbocycles. The van der Waals surface area contributed by atoms with Crippen LogP contribution >= 0.6 is 12.2 Å². The SMILES string of the molecule is C[C@H](NC(=O)Cn1nc(COc2ccc3c(c2)CCCC3)oc1=S)c1ccccc1. The summed E-state index contributed by atoms with van der Waals surface area (Å²) in [5, 5.41) is 7.24. The van der Waals surface area contributed by atoms with Crippen LogP contribution in [0.4, 0.5) is 0 Å². The van der Waals surface area contributed by atoms with Crippen LogP contribution < -0.4 is 10.1 Å². The molecular weight excluding hydrogens is 398 g/mol. The first kappa shape index (κ1) is 20.3. The molecule has 0 unspecified atom stereocenters. The third kappa shape index (κ3) is 4.97. The highest BCUT2D eigenvalue weighted by Gasteiger charge is 2.14. The zero-order valence-electron chi connectivity index (χ0n) is 17.0. The summed E-state index contributed by atoms with van der Waals surface area (Å²) in [4.78, 5) is 12.5. The smallest absolute Gasteiger partial charge is 0.287 e. The normalized spacial score (nSPS) is 14.0. The number of nitrogens with one attached hydrogen (secondary N) is 1. The maximum absolute atomic E-state index is 12.4. The maximum Gasteiger partial charge on any atom is 0.287 e. The second-order valence-corrected chi connectivity index (χ2v) is 7.89. The van der Waals surface area contributed by atoms with Crippen molar-refractivity contribution in [1.29, 1.82) is 0 Å². The minimum atomic E-state index is -0.182. The minimum absolute atomic E-state index is 0.00163. The van der Waals surface area contributed by atoms with Crippen molar-refractivity contribution in [3.63, 3.8) is 0 Å². The molecule has 1 N–H and O–H groups in total. The number of aryl methyl sites for hydroxylation is 2. The Labute approximate surface area is 180 Å². The van der Waals surface area contributed by atoms with E-state index in [1.54, 1.807) is 0 Å². The van der Waals surface area contributed by atoms with Gasteiger partial charge in [-0.25, -0.2) is 4.68 Å². The van der Waals surface area contributed by atoms with Gasteiger partial charge in [-0.05, 0) is 73.6 Å². The monoisotopic (exact) mass is 423 g/mol. The Morgan fingerprint density at radius 3 is 2.77 bits per heavy atom. The van der Waals surface area contributed by atoms with Gasteiger partial charge in [0.1, 0.15) is 12.3 Å². The number of carbonyl (C=O) groups excluding carboxylic acids is 1. The van der Waals surface area contributed by atoms with Crippen molar-refractivity contribution >= 4 is 18.1 Å². The van der Waals surface area contributed by atoms with Crippen molar-refractivity contribution in [3.05, 3.63) is 75.9 Å². The first-order valence-corrected chi connectivity index (χ1v) is 10.6. The molecule has 1 heterocycles. The van der Waals surface area contributed by atoms with Crippen LogP contribution in [-0.4, -0.2) is 15.7 Å². The van der Waals surface area contributed by atoms with Gasteiger partial charge in [-0.3, -0.25) is 4.79 Å². The van der Waals surface area contributed by atoms with Crippen molar-refractivity contribution in [2.45, 2.75) is 51.8 Å². The fourth-order valence-electron chi connectivity index (χ4n) is 3.70. The molecule has 0 spiro atoms. The predicted octanol–water partition coefficient (Wildman–Crippen LogP) is 4.54. The number of benzene rings is 2. The number of nitrogens with zero attached hydrogens (tertiary/aromatic N) is 2. The highest BCUT2D eigenvalue weighted by molar-refractivity contribution is 7.71. The fraction of sp³-hybridized carbons (Fsp3) is 0.348. The van der Waals surface area contributed by atoms with E-state index in [0.717, 1.165) is 24.2 Å². The summed E-state index contributed by atoms with van der Waals surface area (Å²) in [6, 6.07) is 15.9. The number of ether oxygens (including phenoxy) is 1. The molecule has 30 heavy (non-hydrogen) atoms. The van der Waals surface area contributed by atoms with E-state index >= 15 is 0 Å². The van der Waals surface area contributed by atoms with Gasteiger partial charge in [0.05, 0.1) is 6.04 Å². The Bertz CT molecular complexity index is 1070. The largest absolute Gasteiger partial charge is 0.484 e. The van der Waals surface area contributed by atoms with Crippen molar-refractivity contribution < 1.29 is 13.9 Å². The second-order valence-electron chi connectivity index (χ2n) is 7.55. The van der Waals surface area contributed by atoms with E-state index in [1.165, 1.54) is 28.7 Å². The number of fused-ring (bicyclic) bond motifs is 1. The molecule has 0 aliphatic heterocycles. The lowest BCUT2D eigenvalue weighted by Gasteiger charge is -2.16. The topological polar surface area (TPSA) is 69.3 Å². The molecule has 0 radical (unpaired) electrons. The molecule has 1 aromatic heterocycles. The summed E-state index contributed by atoms with van der Waals surface area (Å²) in [6.45, 7) is 2.10. The van der Waals surface area contributed by atoms with Crippen molar-refractivity contribution in [3.8, 4) is 5.75 Å². The van der Waals surface area contributed by atoms with Crippen molar-refractivity contribution in [2.24, 2.45) is 0 Å². The van der Waals surface area contributed by atoms with Crippen LogP contribution in [0.25, 0.3) is 0 Å². The van der Waals surface area contributed by atoms with Gasteiger partial charge >= 0.3 is 0 Å². The highest BCUT2D eigenvalue weighted by atomic mass is 32.1. The molecule has 0 saturated carbocycles. The van der Waals surface area contributed by atoms with Gasteiger partial charge < -0.3 is 14.5 Å². The molecule has 1 aliphatic carbocycles. The Morgan fingerprint density at radius 1 is 1.20 bits per heavy atom. The molecule has 7 heteroatoms. The third-order valence-electron chi connectivity index (χ3n) is 5.30. The van der Waals surface area contributed by atoms with Crippen LogP contribution in [-0.2, 0) is 30.8 Å². The standard InChI is InChI=1S/C23H25N3O3S/c1-16(17-7-3-2-4-8-17)24-21(27)14-26-23(30)29-22(25-26)15-28-20-12-11-18-9-5-6-10-19(18)13-20/h2-4,7-8,11-13,16H,5-6,9-10,14-15H2,1H3,(H,24,27)/t16-/m0/s1. The number of carbonyl (C=O) groups is 1. The Hall–Kier alpha value is -2.93. The van der Waals surface area contributed by atoms with Crippen LogP contribution in [0, 0.1) is 4.84 Å². The van der Waals surface area contributed by atoms with Gasteiger partial charge in [-0.1, -0.05) is 36.4 Å². The van der Waals surface area contributed by atoms with E-state index in [1.807, 2.05) is 43.3 Å². The lowest BCUT2D eigenvalue weighted by Crippen LogP contribution is -2.30. The number of hydrogen-bond donors (Lipinski definition) is 1. The average molecular weight is 424 g/mol. The van der Waals surface area contributed by atoms with E-state index in [4.69, 9.17) is 21.4 Å². The summed E-state index contributed by atoms with van der Waals surface area (Å²) in [7, 11) is 0. The third-order valence-corrected chi connectivity index (χ3v) is 5.59. The molecule has 1 aliphatic rings. The van der Waals surface area contributed by atoms with Gasteiger partial charge in [0.25, 0.3) is 10.7 Å². The number of hydrogen-bond acceptors (Lipinski definition) is 5. The quantitative estimate of drug-likeness (QED) is 0.565.